The van der Waals surface area contributed by atoms with E-state index in [9.17, 15) is 18.0 Å². The maximum Gasteiger partial charge on any atom is 0.321 e. The fraction of sp³-hybridized carbons (Fsp3) is 0.278. The first-order valence-electron chi connectivity index (χ1n) is 7.96. The number of likely N-dealkylation sites (tertiary alicyclic amines) is 1. The molecular formula is C18H18F3N3O. The minimum atomic E-state index is -1.23. The number of nitrogens with two attached hydrogens (primary N) is 1. The van der Waals surface area contributed by atoms with Crippen molar-refractivity contribution in [3.63, 3.8) is 0 Å². The van der Waals surface area contributed by atoms with Crippen LogP contribution in [0.2, 0.25) is 0 Å². The molecule has 1 heterocycles. The van der Waals surface area contributed by atoms with Crippen molar-refractivity contribution in [1.82, 2.24) is 4.90 Å². The highest BCUT2D eigenvalue weighted by Crippen LogP contribution is 2.30. The van der Waals surface area contributed by atoms with Gasteiger partial charge in [-0.05, 0) is 30.2 Å². The number of para-hydroxylation sites is 1. The molecule has 0 unspecified atom stereocenters. The third kappa shape index (κ3) is 3.76. The van der Waals surface area contributed by atoms with Crippen molar-refractivity contribution < 1.29 is 18.0 Å². The number of amides is 2. The maximum atomic E-state index is 14.0. The highest BCUT2D eigenvalue weighted by molar-refractivity contribution is 5.89. The van der Waals surface area contributed by atoms with E-state index in [1.807, 2.05) is 6.07 Å². The predicted molar refractivity (Wildman–Crippen MR) is 88.7 cm³/mol. The zero-order valence-corrected chi connectivity index (χ0v) is 13.4. The Balaban J connectivity index is 1.68. The zero-order valence-electron chi connectivity index (χ0n) is 13.4. The Labute approximate surface area is 143 Å². The number of nitrogens with zero attached hydrogens (tertiary/aromatic N) is 1. The number of halogens is 3. The molecule has 0 bridgehead atoms. The fourth-order valence-corrected chi connectivity index (χ4v) is 3.10. The number of anilines is 1. The Bertz CT molecular complexity index is 770. The van der Waals surface area contributed by atoms with Gasteiger partial charge >= 0.3 is 6.03 Å². The molecule has 1 aliphatic rings. The molecule has 3 rings (SSSR count). The summed E-state index contributed by atoms with van der Waals surface area (Å²) in [5.41, 5.74) is 6.80. The molecule has 0 aliphatic carbocycles. The predicted octanol–water partition coefficient (Wildman–Crippen LogP) is 3.45. The van der Waals surface area contributed by atoms with Gasteiger partial charge in [0.05, 0.1) is 0 Å². The van der Waals surface area contributed by atoms with Crippen LogP contribution in [0.1, 0.15) is 17.9 Å². The Morgan fingerprint density at radius 3 is 2.44 bits per heavy atom. The lowest BCUT2D eigenvalue weighted by molar-refractivity contribution is 0.184. The summed E-state index contributed by atoms with van der Waals surface area (Å²) < 4.78 is 40.5. The second-order valence-corrected chi connectivity index (χ2v) is 6.09. The lowest BCUT2D eigenvalue weighted by Crippen LogP contribution is -2.51. The van der Waals surface area contributed by atoms with Crippen molar-refractivity contribution in [2.75, 3.05) is 18.4 Å². The first-order valence-corrected chi connectivity index (χ1v) is 7.96. The molecule has 0 aromatic heterocycles. The van der Waals surface area contributed by atoms with Gasteiger partial charge in [-0.3, -0.25) is 0 Å². The molecule has 3 N–H and O–H groups in total. The number of piperidine rings is 1. The number of hydrogen-bond donors (Lipinski definition) is 2. The Morgan fingerprint density at radius 2 is 1.76 bits per heavy atom. The molecule has 1 fully saturated rings. The average Bonchev–Trinajstić information content (AvgIpc) is 2.59. The van der Waals surface area contributed by atoms with Gasteiger partial charge in [-0.25, -0.2) is 18.0 Å². The minimum absolute atomic E-state index is 0.0505. The highest BCUT2D eigenvalue weighted by Gasteiger charge is 2.32. The summed E-state index contributed by atoms with van der Waals surface area (Å²) in [6.45, 7) is 0.539. The number of carbonyl (C=O) groups is 1. The Morgan fingerprint density at radius 1 is 1.08 bits per heavy atom. The highest BCUT2D eigenvalue weighted by atomic mass is 19.2. The summed E-state index contributed by atoms with van der Waals surface area (Å²) >= 11 is 0. The Hall–Kier alpha value is -2.54. The number of carbonyl (C=O) groups excluding carboxylic acids is 1. The molecule has 0 saturated carbocycles. The number of benzene rings is 2. The molecule has 1 aliphatic heterocycles. The van der Waals surface area contributed by atoms with E-state index in [0.29, 0.717) is 24.7 Å². The largest absolute Gasteiger partial charge is 0.326 e. The first kappa shape index (κ1) is 17.3. The lowest BCUT2D eigenvalue weighted by Gasteiger charge is -2.37. The smallest absolute Gasteiger partial charge is 0.321 e. The molecule has 0 spiro atoms. The van der Waals surface area contributed by atoms with Gasteiger partial charge in [0.1, 0.15) is 5.82 Å². The van der Waals surface area contributed by atoms with Crippen LogP contribution in [0.3, 0.4) is 0 Å². The molecule has 2 amide bonds. The molecular weight excluding hydrogens is 331 g/mol. The van der Waals surface area contributed by atoms with E-state index >= 15 is 0 Å². The maximum absolute atomic E-state index is 14.0. The summed E-state index contributed by atoms with van der Waals surface area (Å²) in [5, 5.41) is 2.76. The number of hydrogen-bond acceptors (Lipinski definition) is 2. The van der Waals surface area contributed by atoms with E-state index in [4.69, 9.17) is 5.73 Å². The zero-order chi connectivity index (χ0) is 18.0. The van der Waals surface area contributed by atoms with Crippen LogP contribution in [-0.4, -0.2) is 30.1 Å². The topological polar surface area (TPSA) is 58.4 Å². The summed E-state index contributed by atoms with van der Waals surface area (Å²) in [7, 11) is 0. The second kappa shape index (κ2) is 7.14. The van der Waals surface area contributed by atoms with Crippen molar-refractivity contribution in [3.05, 3.63) is 65.5 Å². The molecule has 132 valence electrons. The molecule has 2 aromatic rings. The fourth-order valence-electron chi connectivity index (χ4n) is 3.10. The molecule has 2 atom stereocenters. The normalized spacial score (nSPS) is 20.4. The molecule has 4 nitrogen and oxygen atoms in total. The quantitative estimate of drug-likeness (QED) is 0.816. The van der Waals surface area contributed by atoms with Crippen LogP contribution in [0.5, 0.6) is 0 Å². The van der Waals surface area contributed by atoms with Crippen molar-refractivity contribution in [1.29, 1.82) is 0 Å². The summed E-state index contributed by atoms with van der Waals surface area (Å²) in [6, 6.07) is 9.50. The standard InChI is InChI=1S/C18H18F3N3O/c19-14-9-16(21)15(20)8-13(14)12-6-7-24(10-17(12)22)18(25)23-11-4-2-1-3-5-11/h1-5,8-9,12,17H,6-7,10,22H2,(H,23,25)/t12-,17+/m1/s1. The van der Waals surface area contributed by atoms with Gasteiger partial charge < -0.3 is 16.0 Å². The van der Waals surface area contributed by atoms with E-state index in [2.05, 4.69) is 5.32 Å². The van der Waals surface area contributed by atoms with Crippen LogP contribution in [0.15, 0.2) is 42.5 Å². The molecule has 2 aromatic carbocycles. The van der Waals surface area contributed by atoms with Gasteiger partial charge in [0.2, 0.25) is 0 Å². The molecule has 25 heavy (non-hydrogen) atoms. The molecule has 1 saturated heterocycles. The van der Waals surface area contributed by atoms with E-state index in [1.165, 1.54) is 4.90 Å². The molecule has 0 radical (unpaired) electrons. The van der Waals surface area contributed by atoms with E-state index in [-0.39, 0.29) is 18.1 Å². The van der Waals surface area contributed by atoms with Crippen LogP contribution in [0.4, 0.5) is 23.7 Å². The van der Waals surface area contributed by atoms with Crippen LogP contribution < -0.4 is 11.1 Å². The number of urea groups is 1. The third-order valence-corrected chi connectivity index (χ3v) is 4.41. The van der Waals surface area contributed by atoms with Gasteiger partial charge in [-0.15, -0.1) is 0 Å². The summed E-state index contributed by atoms with van der Waals surface area (Å²) in [4.78, 5) is 13.8. The number of rotatable bonds is 2. The van der Waals surface area contributed by atoms with Crippen molar-refractivity contribution in [3.8, 4) is 0 Å². The van der Waals surface area contributed by atoms with Gasteiger partial charge in [0.15, 0.2) is 11.6 Å². The van der Waals surface area contributed by atoms with Gasteiger partial charge in [-0.2, -0.15) is 0 Å². The van der Waals surface area contributed by atoms with Gasteiger partial charge in [0.25, 0.3) is 0 Å². The average molecular weight is 349 g/mol. The van der Waals surface area contributed by atoms with Crippen molar-refractivity contribution in [2.24, 2.45) is 5.73 Å². The second-order valence-electron chi connectivity index (χ2n) is 6.09. The summed E-state index contributed by atoms with van der Waals surface area (Å²) in [5.74, 6) is -3.63. The van der Waals surface area contributed by atoms with Crippen LogP contribution in [0.25, 0.3) is 0 Å². The molecule has 7 heteroatoms. The SMILES string of the molecule is N[C@H]1CN(C(=O)Nc2ccccc2)CC[C@@H]1c1cc(F)c(F)cc1F. The van der Waals surface area contributed by atoms with Gasteiger partial charge in [-0.1, -0.05) is 18.2 Å². The lowest BCUT2D eigenvalue weighted by atomic mass is 9.85. The third-order valence-electron chi connectivity index (χ3n) is 4.41. The number of nitrogens with one attached hydrogen (secondary N) is 1. The van der Waals surface area contributed by atoms with Gasteiger partial charge in [0, 0.05) is 36.8 Å². The monoisotopic (exact) mass is 349 g/mol. The minimum Gasteiger partial charge on any atom is -0.326 e. The Kier molecular flexibility index (Phi) is 4.94. The van der Waals surface area contributed by atoms with Crippen LogP contribution in [0, 0.1) is 17.5 Å². The van der Waals surface area contributed by atoms with E-state index in [1.54, 1.807) is 24.3 Å². The summed E-state index contributed by atoms with van der Waals surface area (Å²) in [6.07, 6.45) is 0.366. The first-order chi connectivity index (χ1) is 12.0. The van der Waals surface area contributed by atoms with Crippen LogP contribution in [-0.2, 0) is 0 Å². The van der Waals surface area contributed by atoms with Crippen LogP contribution >= 0.6 is 0 Å². The van der Waals surface area contributed by atoms with Crippen molar-refractivity contribution >= 4 is 11.7 Å². The van der Waals surface area contributed by atoms with E-state index < -0.39 is 29.4 Å². The van der Waals surface area contributed by atoms with E-state index in [0.717, 1.165) is 6.07 Å². The van der Waals surface area contributed by atoms with Crippen molar-refractivity contribution in [2.45, 2.75) is 18.4 Å².